The third kappa shape index (κ3) is 4.47. The van der Waals surface area contributed by atoms with Crippen LogP contribution < -0.4 is 4.74 Å². The van der Waals surface area contributed by atoms with E-state index in [2.05, 4.69) is 0 Å². The molecule has 1 atom stereocenters. The fourth-order valence-corrected chi connectivity index (χ4v) is 2.86. The molecule has 1 aromatic carbocycles. The molecule has 0 unspecified atom stereocenters. The van der Waals surface area contributed by atoms with Gasteiger partial charge in [0.15, 0.2) is 0 Å². The average molecular weight is 318 g/mol. The van der Waals surface area contributed by atoms with E-state index in [-0.39, 0.29) is 17.7 Å². The quantitative estimate of drug-likeness (QED) is 0.805. The molecule has 1 aliphatic rings. The normalized spacial score (nSPS) is 18.0. The predicted octanol–water partition coefficient (Wildman–Crippen LogP) is 1.95. The second-order valence-corrected chi connectivity index (χ2v) is 6.03. The van der Waals surface area contributed by atoms with Gasteiger partial charge in [-0.3, -0.25) is 9.59 Å². The summed E-state index contributed by atoms with van der Waals surface area (Å²) >= 11 is 0. The van der Waals surface area contributed by atoms with Crippen molar-refractivity contribution in [2.75, 3.05) is 33.8 Å². The summed E-state index contributed by atoms with van der Waals surface area (Å²) in [5.41, 5.74) is 1.16. The number of carbonyl (C=O) groups excluding carboxylic acids is 2. The number of amides is 2. The predicted molar refractivity (Wildman–Crippen MR) is 89.3 cm³/mol. The molecule has 0 bridgehead atoms. The Labute approximate surface area is 138 Å². The summed E-state index contributed by atoms with van der Waals surface area (Å²) in [5, 5.41) is 0. The van der Waals surface area contributed by atoms with Gasteiger partial charge in [0.1, 0.15) is 5.75 Å². The number of piperidine rings is 1. The molecule has 1 saturated heterocycles. The molecule has 1 fully saturated rings. The van der Waals surface area contributed by atoms with Gasteiger partial charge in [-0.15, -0.1) is 0 Å². The molecule has 0 aromatic heterocycles. The van der Waals surface area contributed by atoms with E-state index in [9.17, 15) is 9.59 Å². The van der Waals surface area contributed by atoms with E-state index in [1.165, 1.54) is 0 Å². The van der Waals surface area contributed by atoms with Gasteiger partial charge in [-0.25, -0.2) is 0 Å². The van der Waals surface area contributed by atoms with Crippen molar-refractivity contribution in [3.63, 3.8) is 0 Å². The lowest BCUT2D eigenvalue weighted by atomic mass is 9.95. The lowest BCUT2D eigenvalue weighted by Crippen LogP contribution is -2.46. The van der Waals surface area contributed by atoms with E-state index in [1.54, 1.807) is 12.0 Å². The molecule has 0 saturated carbocycles. The Morgan fingerprint density at radius 1 is 1.35 bits per heavy atom. The molecule has 1 heterocycles. The van der Waals surface area contributed by atoms with E-state index < -0.39 is 0 Å². The molecular weight excluding hydrogens is 292 g/mol. The number of hydrogen-bond acceptors (Lipinski definition) is 3. The first-order valence-electron chi connectivity index (χ1n) is 8.20. The number of methoxy groups -OCH3 is 1. The van der Waals surface area contributed by atoms with Crippen molar-refractivity contribution >= 4 is 11.8 Å². The summed E-state index contributed by atoms with van der Waals surface area (Å²) in [4.78, 5) is 28.0. The van der Waals surface area contributed by atoms with Crippen LogP contribution in [0, 0.1) is 5.92 Å². The highest BCUT2D eigenvalue weighted by atomic mass is 16.5. The zero-order valence-electron chi connectivity index (χ0n) is 14.2. The molecule has 0 radical (unpaired) electrons. The molecular formula is C18H26N2O3. The van der Waals surface area contributed by atoms with Crippen LogP contribution in [-0.2, 0) is 16.0 Å². The Kier molecular flexibility index (Phi) is 6.02. The van der Waals surface area contributed by atoms with Gasteiger partial charge >= 0.3 is 0 Å². The fraction of sp³-hybridized carbons (Fsp3) is 0.556. The van der Waals surface area contributed by atoms with Crippen molar-refractivity contribution in [3.8, 4) is 5.75 Å². The first-order valence-corrected chi connectivity index (χ1v) is 8.20. The molecule has 5 nitrogen and oxygen atoms in total. The standard InChI is InChI=1S/C18H26N2O3/c1-4-19(2)18(22)15-7-10-17(21)20(13-15)12-11-14-5-8-16(23-3)9-6-14/h5-6,8-9,15H,4,7,10-13H2,1-3H3/t15-/m0/s1. The van der Waals surface area contributed by atoms with E-state index in [1.807, 2.05) is 43.1 Å². The second kappa shape index (κ2) is 7.99. The molecule has 5 heteroatoms. The number of hydrogen-bond donors (Lipinski definition) is 0. The summed E-state index contributed by atoms with van der Waals surface area (Å²) in [6.45, 7) is 3.87. The Morgan fingerprint density at radius 3 is 2.65 bits per heavy atom. The lowest BCUT2D eigenvalue weighted by Gasteiger charge is -2.33. The minimum absolute atomic E-state index is 0.0616. The van der Waals surface area contributed by atoms with Crippen LogP contribution in [0.5, 0.6) is 5.75 Å². The second-order valence-electron chi connectivity index (χ2n) is 6.03. The van der Waals surface area contributed by atoms with Gasteiger partial charge in [-0.2, -0.15) is 0 Å². The molecule has 0 spiro atoms. The van der Waals surface area contributed by atoms with Gasteiger partial charge in [-0.1, -0.05) is 12.1 Å². The van der Waals surface area contributed by atoms with Gasteiger partial charge in [0.25, 0.3) is 0 Å². The van der Waals surface area contributed by atoms with Crippen molar-refractivity contribution in [1.82, 2.24) is 9.80 Å². The maximum absolute atomic E-state index is 12.3. The third-order valence-electron chi connectivity index (χ3n) is 4.53. The Hall–Kier alpha value is -2.04. The van der Waals surface area contributed by atoms with Gasteiger partial charge in [0.2, 0.25) is 11.8 Å². The highest BCUT2D eigenvalue weighted by Crippen LogP contribution is 2.20. The third-order valence-corrected chi connectivity index (χ3v) is 4.53. The van der Waals surface area contributed by atoms with Crippen LogP contribution in [0.15, 0.2) is 24.3 Å². The highest BCUT2D eigenvalue weighted by Gasteiger charge is 2.31. The molecule has 2 amide bonds. The lowest BCUT2D eigenvalue weighted by molar-refractivity contribution is -0.142. The maximum atomic E-state index is 12.3. The number of nitrogens with zero attached hydrogens (tertiary/aromatic N) is 2. The van der Waals surface area contributed by atoms with Gasteiger partial charge in [0.05, 0.1) is 13.0 Å². The van der Waals surface area contributed by atoms with Gasteiger partial charge in [0, 0.05) is 33.1 Å². The van der Waals surface area contributed by atoms with Crippen LogP contribution in [0.3, 0.4) is 0 Å². The molecule has 126 valence electrons. The zero-order valence-corrected chi connectivity index (χ0v) is 14.2. The maximum Gasteiger partial charge on any atom is 0.227 e. The first-order chi connectivity index (χ1) is 11.0. The fourth-order valence-electron chi connectivity index (χ4n) is 2.86. The molecule has 1 aromatic rings. The molecule has 0 N–H and O–H groups in total. The highest BCUT2D eigenvalue weighted by molar-refractivity contribution is 5.83. The van der Waals surface area contributed by atoms with Crippen LogP contribution in [0.4, 0.5) is 0 Å². The topological polar surface area (TPSA) is 49.9 Å². The van der Waals surface area contributed by atoms with Crippen molar-refractivity contribution < 1.29 is 14.3 Å². The average Bonchev–Trinajstić information content (AvgIpc) is 2.60. The Balaban J connectivity index is 1.92. The van der Waals surface area contributed by atoms with Crippen LogP contribution in [0.1, 0.15) is 25.3 Å². The summed E-state index contributed by atoms with van der Waals surface area (Å²) in [5.74, 6) is 1.07. The van der Waals surface area contributed by atoms with Crippen molar-refractivity contribution in [2.45, 2.75) is 26.2 Å². The number of likely N-dealkylation sites (tertiary alicyclic amines) is 1. The van der Waals surface area contributed by atoms with E-state index in [4.69, 9.17) is 4.74 Å². The largest absolute Gasteiger partial charge is 0.497 e. The van der Waals surface area contributed by atoms with Crippen molar-refractivity contribution in [1.29, 1.82) is 0 Å². The summed E-state index contributed by atoms with van der Waals surface area (Å²) in [6.07, 6.45) is 1.93. The smallest absolute Gasteiger partial charge is 0.227 e. The minimum Gasteiger partial charge on any atom is -0.497 e. The summed E-state index contributed by atoms with van der Waals surface area (Å²) in [7, 11) is 3.46. The monoisotopic (exact) mass is 318 g/mol. The molecule has 1 aliphatic heterocycles. The van der Waals surface area contributed by atoms with Crippen LogP contribution in [0.25, 0.3) is 0 Å². The zero-order chi connectivity index (χ0) is 16.8. The van der Waals surface area contributed by atoms with Crippen molar-refractivity contribution in [3.05, 3.63) is 29.8 Å². The Bertz CT molecular complexity index is 542. The minimum atomic E-state index is -0.0616. The first kappa shape index (κ1) is 17.3. The summed E-state index contributed by atoms with van der Waals surface area (Å²) in [6, 6.07) is 7.88. The molecule has 2 rings (SSSR count). The molecule has 0 aliphatic carbocycles. The Morgan fingerprint density at radius 2 is 2.04 bits per heavy atom. The summed E-state index contributed by atoms with van der Waals surface area (Å²) < 4.78 is 5.15. The molecule has 23 heavy (non-hydrogen) atoms. The van der Waals surface area contributed by atoms with Crippen LogP contribution in [0.2, 0.25) is 0 Å². The number of benzene rings is 1. The number of carbonyl (C=O) groups is 2. The van der Waals surface area contributed by atoms with E-state index in [0.29, 0.717) is 32.5 Å². The SMILES string of the molecule is CCN(C)C(=O)[C@H]1CCC(=O)N(CCc2ccc(OC)cc2)C1. The van der Waals surface area contributed by atoms with Crippen LogP contribution >= 0.6 is 0 Å². The van der Waals surface area contributed by atoms with Gasteiger partial charge in [-0.05, 0) is 37.5 Å². The number of ether oxygens (including phenoxy) is 1. The van der Waals surface area contributed by atoms with E-state index in [0.717, 1.165) is 17.7 Å². The van der Waals surface area contributed by atoms with E-state index >= 15 is 0 Å². The van der Waals surface area contributed by atoms with Gasteiger partial charge < -0.3 is 14.5 Å². The van der Waals surface area contributed by atoms with Crippen LogP contribution in [-0.4, -0.2) is 55.4 Å². The number of rotatable bonds is 6. The van der Waals surface area contributed by atoms with Crippen molar-refractivity contribution in [2.24, 2.45) is 5.92 Å².